The molecule has 1 saturated heterocycles. The molecular weight excluding hydrogens is 297 g/mol. The lowest BCUT2D eigenvalue weighted by molar-refractivity contribution is -0.386. The first-order valence-corrected chi connectivity index (χ1v) is 5.95. The highest BCUT2D eigenvalue weighted by Crippen LogP contribution is 2.31. The first-order valence-electron chi connectivity index (χ1n) is 5.95. The topological polar surface area (TPSA) is 94.6 Å². The van der Waals surface area contributed by atoms with Gasteiger partial charge in [0.1, 0.15) is 0 Å². The molecule has 1 N–H and O–H groups in total. The molecule has 0 saturated carbocycles. The van der Waals surface area contributed by atoms with Gasteiger partial charge in [0.25, 0.3) is 0 Å². The fraction of sp³-hybridized carbons (Fsp3) is 0.545. The predicted molar refractivity (Wildman–Crippen MR) is 62.8 cm³/mol. The van der Waals surface area contributed by atoms with E-state index >= 15 is 0 Å². The van der Waals surface area contributed by atoms with Crippen LogP contribution >= 0.6 is 0 Å². The molecule has 1 fully saturated rings. The van der Waals surface area contributed by atoms with Gasteiger partial charge in [-0.05, 0) is 6.42 Å². The molecule has 1 aromatic rings. The Labute approximate surface area is 115 Å². The Morgan fingerprint density at radius 2 is 2.14 bits per heavy atom. The minimum Gasteiger partial charge on any atom is -0.391 e. The van der Waals surface area contributed by atoms with E-state index in [1.165, 1.54) is 0 Å². The lowest BCUT2D eigenvalue weighted by atomic mass is 10.1. The number of hydrogen-bond acceptors (Lipinski definition) is 5. The number of aliphatic hydroxyl groups excluding tert-OH is 1. The third-order valence-corrected chi connectivity index (χ3v) is 3.20. The average Bonchev–Trinajstić information content (AvgIpc) is 2.38. The number of halogens is 3. The van der Waals surface area contributed by atoms with E-state index in [4.69, 9.17) is 4.74 Å². The van der Waals surface area contributed by atoms with Crippen molar-refractivity contribution in [3.05, 3.63) is 38.3 Å². The minimum absolute atomic E-state index is 0.126. The minimum atomic E-state index is -4.85. The molecule has 2 rings (SSSR count). The fourth-order valence-corrected chi connectivity index (χ4v) is 2.10. The molecule has 2 heterocycles. The van der Waals surface area contributed by atoms with Crippen molar-refractivity contribution in [1.82, 2.24) is 4.57 Å². The van der Waals surface area contributed by atoms with E-state index in [1.54, 1.807) is 0 Å². The van der Waals surface area contributed by atoms with Crippen LogP contribution < -0.4 is 5.56 Å². The highest BCUT2D eigenvalue weighted by atomic mass is 19.4. The smallest absolute Gasteiger partial charge is 0.391 e. The number of aliphatic hydroxyl groups is 1. The number of hydrogen-bond donors (Lipinski definition) is 1. The van der Waals surface area contributed by atoms with Crippen molar-refractivity contribution in [3.8, 4) is 0 Å². The molecule has 10 heteroatoms. The Morgan fingerprint density at radius 1 is 1.48 bits per heavy atom. The van der Waals surface area contributed by atoms with Crippen molar-refractivity contribution in [2.24, 2.45) is 0 Å². The summed E-state index contributed by atoms with van der Waals surface area (Å²) in [5, 5.41) is 20.5. The molecule has 116 valence electrons. The third kappa shape index (κ3) is 3.05. The van der Waals surface area contributed by atoms with Gasteiger partial charge >= 0.3 is 17.4 Å². The summed E-state index contributed by atoms with van der Waals surface area (Å²) >= 11 is 0. The quantitative estimate of drug-likeness (QED) is 0.652. The molecule has 0 bridgehead atoms. The van der Waals surface area contributed by atoms with Crippen molar-refractivity contribution in [2.75, 3.05) is 13.2 Å². The van der Waals surface area contributed by atoms with Crippen molar-refractivity contribution in [2.45, 2.75) is 24.7 Å². The summed E-state index contributed by atoms with van der Waals surface area (Å²) in [6, 6.07) is -0.901. The Morgan fingerprint density at radius 3 is 2.67 bits per heavy atom. The zero-order valence-corrected chi connectivity index (χ0v) is 10.5. The number of nitro groups is 1. The normalized spacial score (nSPS) is 23.0. The fourth-order valence-electron chi connectivity index (χ4n) is 2.10. The van der Waals surface area contributed by atoms with E-state index in [0.717, 1.165) is 0 Å². The maximum atomic E-state index is 12.8. The molecular formula is C11H11F3N2O5. The molecule has 2 atom stereocenters. The summed E-state index contributed by atoms with van der Waals surface area (Å²) in [4.78, 5) is 21.5. The van der Waals surface area contributed by atoms with Crippen molar-refractivity contribution in [3.63, 3.8) is 0 Å². The van der Waals surface area contributed by atoms with E-state index in [9.17, 15) is 33.2 Å². The third-order valence-electron chi connectivity index (χ3n) is 3.20. The number of ether oxygens (including phenoxy) is 1. The van der Waals surface area contributed by atoms with Gasteiger partial charge in [0.2, 0.25) is 0 Å². The van der Waals surface area contributed by atoms with Crippen LogP contribution in [0.25, 0.3) is 0 Å². The second kappa shape index (κ2) is 5.45. The number of aromatic nitrogens is 1. The van der Waals surface area contributed by atoms with Gasteiger partial charge in [-0.2, -0.15) is 13.2 Å². The van der Waals surface area contributed by atoms with E-state index in [-0.39, 0.29) is 25.7 Å². The van der Waals surface area contributed by atoms with Crippen LogP contribution in [0.3, 0.4) is 0 Å². The molecule has 0 aliphatic carbocycles. The van der Waals surface area contributed by atoms with E-state index in [1.807, 2.05) is 0 Å². The van der Waals surface area contributed by atoms with Gasteiger partial charge in [-0.15, -0.1) is 0 Å². The lowest BCUT2D eigenvalue weighted by Gasteiger charge is -2.29. The first kappa shape index (κ1) is 15.4. The molecule has 21 heavy (non-hydrogen) atoms. The maximum absolute atomic E-state index is 12.8. The number of rotatable bonds is 2. The molecule has 0 spiro atoms. The lowest BCUT2D eigenvalue weighted by Crippen LogP contribution is -2.40. The van der Waals surface area contributed by atoms with Crippen LogP contribution in [0.1, 0.15) is 18.0 Å². The largest absolute Gasteiger partial charge is 0.418 e. The summed E-state index contributed by atoms with van der Waals surface area (Å²) < 4.78 is 43.9. The summed E-state index contributed by atoms with van der Waals surface area (Å²) in [6.07, 6.45) is -5.36. The van der Waals surface area contributed by atoms with Crippen LogP contribution in [0.4, 0.5) is 18.9 Å². The van der Waals surface area contributed by atoms with Crippen LogP contribution in [0.15, 0.2) is 17.1 Å². The summed E-state index contributed by atoms with van der Waals surface area (Å²) in [6.45, 7) is 0.00695. The number of nitrogens with zero attached hydrogens (tertiary/aromatic N) is 2. The summed E-state index contributed by atoms with van der Waals surface area (Å²) in [5.74, 6) is 0. The Bertz CT molecular complexity index is 613. The molecule has 1 aliphatic rings. The molecule has 1 unspecified atom stereocenters. The Kier molecular flexibility index (Phi) is 4.01. The summed E-state index contributed by atoms with van der Waals surface area (Å²) in [5.41, 5.74) is -3.73. The van der Waals surface area contributed by atoms with Gasteiger partial charge in [-0.3, -0.25) is 14.9 Å². The Balaban J connectivity index is 2.61. The van der Waals surface area contributed by atoms with Crippen LogP contribution in [-0.2, 0) is 10.9 Å². The maximum Gasteiger partial charge on any atom is 0.418 e. The Hall–Kier alpha value is -1.94. The van der Waals surface area contributed by atoms with Crippen molar-refractivity contribution < 1.29 is 27.9 Å². The van der Waals surface area contributed by atoms with Gasteiger partial charge < -0.3 is 14.4 Å². The van der Waals surface area contributed by atoms with Gasteiger partial charge in [-0.25, -0.2) is 0 Å². The predicted octanol–water partition coefficient (Wildman–Crippen LogP) is 1.10. The molecule has 7 nitrogen and oxygen atoms in total. The molecule has 1 aliphatic heterocycles. The van der Waals surface area contributed by atoms with Gasteiger partial charge in [0.15, 0.2) is 0 Å². The molecule has 1 aromatic heterocycles. The van der Waals surface area contributed by atoms with Crippen LogP contribution in [-0.4, -0.2) is 33.9 Å². The van der Waals surface area contributed by atoms with E-state index in [2.05, 4.69) is 0 Å². The van der Waals surface area contributed by atoms with Gasteiger partial charge in [0.05, 0.1) is 29.2 Å². The highest BCUT2D eigenvalue weighted by Gasteiger charge is 2.36. The zero-order chi connectivity index (χ0) is 15.8. The monoisotopic (exact) mass is 308 g/mol. The van der Waals surface area contributed by atoms with Gasteiger partial charge in [-0.1, -0.05) is 0 Å². The zero-order valence-electron chi connectivity index (χ0n) is 10.5. The highest BCUT2D eigenvalue weighted by molar-refractivity contribution is 5.33. The molecule has 0 radical (unpaired) electrons. The SMILES string of the molecule is O=c1c([N+](=O)[O-])cc(C(F)(F)F)cn1C1COCC[C@H]1O. The number of pyridine rings is 1. The molecule has 0 amide bonds. The van der Waals surface area contributed by atoms with Crippen LogP contribution in [0, 0.1) is 10.1 Å². The van der Waals surface area contributed by atoms with Crippen LogP contribution in [0.2, 0.25) is 0 Å². The van der Waals surface area contributed by atoms with Crippen molar-refractivity contribution in [1.29, 1.82) is 0 Å². The number of alkyl halides is 3. The first-order chi connectivity index (χ1) is 9.71. The van der Waals surface area contributed by atoms with E-state index in [0.29, 0.717) is 10.8 Å². The molecule has 0 aromatic carbocycles. The van der Waals surface area contributed by atoms with E-state index < -0.39 is 40.1 Å². The van der Waals surface area contributed by atoms with Crippen molar-refractivity contribution >= 4 is 5.69 Å². The summed E-state index contributed by atoms with van der Waals surface area (Å²) in [7, 11) is 0. The second-order valence-corrected chi connectivity index (χ2v) is 4.58. The second-order valence-electron chi connectivity index (χ2n) is 4.58. The van der Waals surface area contributed by atoms with Gasteiger partial charge in [0, 0.05) is 18.9 Å². The standard InChI is InChI=1S/C11H11F3N2O5/c12-11(13,14)6-3-7(16(19)20)10(18)15(4-6)8-5-21-2-1-9(8)17/h3-4,8-9,17H,1-2,5H2/t8?,9-/m1/s1. The van der Waals surface area contributed by atoms with Crippen LogP contribution in [0.5, 0.6) is 0 Å². The average molecular weight is 308 g/mol.